The molecule has 0 spiro atoms. The monoisotopic (exact) mass is 504 g/mol. The third kappa shape index (κ3) is 5.56. The van der Waals surface area contributed by atoms with Crippen LogP contribution in [0.5, 0.6) is 0 Å². The van der Waals surface area contributed by atoms with Crippen molar-refractivity contribution in [3.05, 3.63) is 106 Å². The number of carbonyl (C=O) groups is 5. The molecule has 0 radical (unpaired) electrons. The van der Waals surface area contributed by atoms with E-state index < -0.39 is 41.4 Å². The number of aliphatic carboxylic acids is 2. The van der Waals surface area contributed by atoms with Gasteiger partial charge in [-0.1, -0.05) is 59.7 Å². The van der Waals surface area contributed by atoms with E-state index in [0.717, 1.165) is 11.1 Å². The number of ether oxygens (including phenoxy) is 2. The molecule has 2 N–H and O–H groups in total. The van der Waals surface area contributed by atoms with Gasteiger partial charge in [-0.05, 0) is 50.6 Å². The Morgan fingerprint density at radius 3 is 1.65 bits per heavy atom. The number of esters is 2. The Morgan fingerprint density at radius 2 is 1.19 bits per heavy atom. The van der Waals surface area contributed by atoms with Crippen LogP contribution in [0.1, 0.15) is 47.8 Å². The molecule has 0 unspecified atom stereocenters. The van der Waals surface area contributed by atoms with Crippen LogP contribution in [-0.4, -0.2) is 51.6 Å². The Labute approximate surface area is 212 Å². The van der Waals surface area contributed by atoms with Crippen molar-refractivity contribution in [2.24, 2.45) is 0 Å². The van der Waals surface area contributed by atoms with Crippen molar-refractivity contribution in [1.82, 2.24) is 0 Å². The lowest BCUT2D eigenvalue weighted by Gasteiger charge is -2.32. The van der Waals surface area contributed by atoms with Crippen LogP contribution in [0.3, 0.4) is 0 Å². The Balaban J connectivity index is 2.17. The molecule has 2 atom stereocenters. The molecule has 0 amide bonds. The van der Waals surface area contributed by atoms with Crippen LogP contribution >= 0.6 is 0 Å². The van der Waals surface area contributed by atoms with E-state index in [-0.39, 0.29) is 16.7 Å². The molecule has 0 saturated carbocycles. The zero-order valence-electron chi connectivity index (χ0n) is 20.3. The summed E-state index contributed by atoms with van der Waals surface area (Å²) in [5.41, 5.74) is -2.02. The first-order chi connectivity index (χ1) is 17.5. The van der Waals surface area contributed by atoms with Gasteiger partial charge < -0.3 is 19.7 Å². The summed E-state index contributed by atoms with van der Waals surface area (Å²) in [4.78, 5) is 64.7. The maximum absolute atomic E-state index is 13.7. The Kier molecular flexibility index (Phi) is 7.87. The highest BCUT2D eigenvalue weighted by Crippen LogP contribution is 2.30. The molecule has 0 aliphatic carbocycles. The molecule has 3 aromatic carbocycles. The van der Waals surface area contributed by atoms with Gasteiger partial charge in [0, 0.05) is 5.56 Å². The van der Waals surface area contributed by atoms with E-state index in [4.69, 9.17) is 9.47 Å². The van der Waals surface area contributed by atoms with Crippen molar-refractivity contribution in [3.63, 3.8) is 0 Å². The summed E-state index contributed by atoms with van der Waals surface area (Å²) >= 11 is 0. The zero-order chi connectivity index (χ0) is 27.3. The van der Waals surface area contributed by atoms with Gasteiger partial charge in [-0.25, -0.2) is 19.2 Å². The number of carboxylic acids is 2. The fourth-order valence-corrected chi connectivity index (χ4v) is 3.57. The van der Waals surface area contributed by atoms with Crippen LogP contribution in [-0.2, 0) is 19.1 Å². The number of hydrogen-bond acceptors (Lipinski definition) is 7. The Hall–Kier alpha value is -4.79. The predicted octanol–water partition coefficient (Wildman–Crippen LogP) is 3.79. The molecule has 190 valence electrons. The Bertz CT molecular complexity index is 1360. The Morgan fingerprint density at radius 1 is 0.703 bits per heavy atom. The SMILES string of the molecule is Cc1ccc(C(=O)O[C@H](C(=O)O)[C@](OC(=O)c2ccc(C)cc2)(C(=O)O)C(=O)c2ccccc2C)cc1. The summed E-state index contributed by atoms with van der Waals surface area (Å²) in [6.07, 6.45) is -2.72. The zero-order valence-corrected chi connectivity index (χ0v) is 20.3. The van der Waals surface area contributed by atoms with E-state index in [1.165, 1.54) is 49.4 Å². The van der Waals surface area contributed by atoms with Gasteiger partial charge in [-0.3, -0.25) is 4.79 Å². The number of hydrogen-bond donors (Lipinski definition) is 2. The van der Waals surface area contributed by atoms with E-state index >= 15 is 0 Å². The summed E-state index contributed by atoms with van der Waals surface area (Å²) in [5.74, 6) is -8.00. The van der Waals surface area contributed by atoms with Crippen molar-refractivity contribution < 1.29 is 43.7 Å². The molecular formula is C28H24O9. The largest absolute Gasteiger partial charge is 0.478 e. The molecule has 0 saturated heterocycles. The summed E-state index contributed by atoms with van der Waals surface area (Å²) in [6.45, 7) is 5.01. The van der Waals surface area contributed by atoms with E-state index in [2.05, 4.69) is 0 Å². The first kappa shape index (κ1) is 26.8. The molecule has 9 nitrogen and oxygen atoms in total. The van der Waals surface area contributed by atoms with Gasteiger partial charge in [0.05, 0.1) is 11.1 Å². The summed E-state index contributed by atoms with van der Waals surface area (Å²) in [5, 5.41) is 20.3. The predicted molar refractivity (Wildman–Crippen MR) is 130 cm³/mol. The third-order valence-corrected chi connectivity index (χ3v) is 5.69. The highest BCUT2D eigenvalue weighted by molar-refractivity contribution is 6.20. The van der Waals surface area contributed by atoms with Crippen molar-refractivity contribution in [2.45, 2.75) is 32.5 Å². The maximum atomic E-state index is 13.7. The normalized spacial score (nSPS) is 13.1. The number of carbonyl (C=O) groups excluding carboxylic acids is 3. The van der Waals surface area contributed by atoms with Gasteiger partial charge in [0.25, 0.3) is 6.10 Å². The molecule has 37 heavy (non-hydrogen) atoms. The summed E-state index contributed by atoms with van der Waals surface area (Å²) in [7, 11) is 0. The number of Topliss-reactive ketones (excluding diaryl/α,β-unsaturated/α-hetero) is 1. The minimum atomic E-state index is -3.44. The summed E-state index contributed by atoms with van der Waals surface area (Å²) < 4.78 is 10.3. The van der Waals surface area contributed by atoms with E-state index in [1.807, 2.05) is 0 Å². The van der Waals surface area contributed by atoms with Gasteiger partial charge >= 0.3 is 29.5 Å². The lowest BCUT2D eigenvalue weighted by molar-refractivity contribution is -0.176. The fourth-order valence-electron chi connectivity index (χ4n) is 3.57. The van der Waals surface area contributed by atoms with Crippen molar-refractivity contribution in [3.8, 4) is 0 Å². The fraction of sp³-hybridized carbons (Fsp3) is 0.179. The van der Waals surface area contributed by atoms with Gasteiger partial charge in [0.1, 0.15) is 0 Å². The van der Waals surface area contributed by atoms with Crippen molar-refractivity contribution in [2.75, 3.05) is 0 Å². The molecule has 0 aliphatic rings. The van der Waals surface area contributed by atoms with Crippen molar-refractivity contribution >= 4 is 29.7 Å². The summed E-state index contributed by atoms with van der Waals surface area (Å²) in [6, 6.07) is 17.4. The minimum absolute atomic E-state index is 0.0932. The van der Waals surface area contributed by atoms with E-state index in [1.54, 1.807) is 44.2 Å². The van der Waals surface area contributed by atoms with E-state index in [9.17, 15) is 34.2 Å². The van der Waals surface area contributed by atoms with Crippen LogP contribution in [0.25, 0.3) is 0 Å². The molecule has 0 heterocycles. The number of carboxylic acid groups (broad SMARTS) is 2. The second-order valence-electron chi connectivity index (χ2n) is 8.43. The van der Waals surface area contributed by atoms with Gasteiger partial charge in [0.2, 0.25) is 5.78 Å². The number of aryl methyl sites for hydroxylation is 3. The highest BCUT2D eigenvalue weighted by Gasteiger charge is 2.62. The first-order valence-corrected chi connectivity index (χ1v) is 11.1. The standard InChI is InChI=1S/C28H24O9/c1-16-8-12-19(13-9-16)25(32)36-23(24(30)31)28(27(34)35,22(29)21-7-5-4-6-18(21)3)37-26(33)20-14-10-17(2)11-15-20/h4-15,23H,1-3H3,(H,30,31)(H,34,35)/t23-,28+/m1/s1. The van der Waals surface area contributed by atoms with E-state index in [0.29, 0.717) is 5.56 Å². The number of rotatable bonds is 9. The quantitative estimate of drug-likeness (QED) is 0.253. The molecule has 0 bridgehead atoms. The lowest BCUT2D eigenvalue weighted by atomic mass is 9.85. The third-order valence-electron chi connectivity index (χ3n) is 5.69. The van der Waals surface area contributed by atoms with Crippen LogP contribution in [0.2, 0.25) is 0 Å². The molecule has 3 aromatic rings. The van der Waals surface area contributed by atoms with Crippen LogP contribution in [0.4, 0.5) is 0 Å². The topological polar surface area (TPSA) is 144 Å². The average molecular weight is 504 g/mol. The highest BCUT2D eigenvalue weighted by atomic mass is 16.6. The molecule has 0 fully saturated rings. The molecular weight excluding hydrogens is 480 g/mol. The number of ketones is 1. The van der Waals surface area contributed by atoms with Gasteiger partial charge in [-0.15, -0.1) is 0 Å². The van der Waals surface area contributed by atoms with Crippen LogP contribution in [0.15, 0.2) is 72.8 Å². The second kappa shape index (κ2) is 10.9. The smallest absolute Gasteiger partial charge is 0.361 e. The van der Waals surface area contributed by atoms with Crippen LogP contribution < -0.4 is 0 Å². The second-order valence-corrected chi connectivity index (χ2v) is 8.43. The van der Waals surface area contributed by atoms with Crippen LogP contribution in [0, 0.1) is 20.8 Å². The lowest BCUT2D eigenvalue weighted by Crippen LogP contribution is -2.63. The minimum Gasteiger partial charge on any atom is -0.478 e. The molecule has 0 aliphatic heterocycles. The molecule has 9 heteroatoms. The first-order valence-electron chi connectivity index (χ1n) is 11.1. The van der Waals surface area contributed by atoms with Crippen molar-refractivity contribution in [1.29, 1.82) is 0 Å². The maximum Gasteiger partial charge on any atom is 0.361 e. The van der Waals surface area contributed by atoms with Gasteiger partial charge in [0.15, 0.2) is 0 Å². The number of benzene rings is 3. The average Bonchev–Trinajstić information content (AvgIpc) is 2.86. The molecule has 0 aromatic heterocycles. The van der Waals surface area contributed by atoms with Gasteiger partial charge in [-0.2, -0.15) is 0 Å². The molecule has 3 rings (SSSR count).